The van der Waals surface area contributed by atoms with E-state index in [9.17, 15) is 0 Å². The lowest BCUT2D eigenvalue weighted by atomic mass is 9.78. The van der Waals surface area contributed by atoms with Crippen molar-refractivity contribution in [2.24, 2.45) is 11.8 Å². The Bertz CT molecular complexity index is 627. The molecule has 2 aromatic carbocycles. The molecule has 1 heteroatoms. The van der Waals surface area contributed by atoms with Gasteiger partial charge in [-0.3, -0.25) is 0 Å². The van der Waals surface area contributed by atoms with E-state index in [0.717, 1.165) is 16.3 Å². The van der Waals surface area contributed by atoms with E-state index in [2.05, 4.69) is 72.2 Å². The zero-order valence-corrected chi connectivity index (χ0v) is 15.2. The van der Waals surface area contributed by atoms with E-state index in [0.29, 0.717) is 0 Å². The highest BCUT2D eigenvalue weighted by molar-refractivity contribution is 9.10. The number of hydrogen-bond acceptors (Lipinski definition) is 0. The van der Waals surface area contributed by atoms with Crippen LogP contribution in [0, 0.1) is 11.8 Å². The highest BCUT2D eigenvalue weighted by Crippen LogP contribution is 2.33. The Morgan fingerprint density at radius 2 is 1.77 bits per heavy atom. The maximum atomic E-state index is 3.51. The summed E-state index contributed by atoms with van der Waals surface area (Å²) < 4.78 is 1.14. The third-order valence-corrected chi connectivity index (χ3v) is 5.68. The van der Waals surface area contributed by atoms with E-state index in [1.807, 2.05) is 0 Å². The Balaban J connectivity index is 1.77. The van der Waals surface area contributed by atoms with E-state index in [-0.39, 0.29) is 0 Å². The van der Waals surface area contributed by atoms with Crippen molar-refractivity contribution in [1.29, 1.82) is 0 Å². The van der Waals surface area contributed by atoms with E-state index >= 15 is 0 Å². The summed E-state index contributed by atoms with van der Waals surface area (Å²) in [5, 5.41) is 0. The van der Waals surface area contributed by atoms with E-state index in [1.165, 1.54) is 43.2 Å². The van der Waals surface area contributed by atoms with Crippen molar-refractivity contribution < 1.29 is 0 Å². The molecule has 116 valence electrons. The minimum Gasteiger partial charge on any atom is -0.0651 e. The van der Waals surface area contributed by atoms with Crippen LogP contribution < -0.4 is 0 Å². The van der Waals surface area contributed by atoms with Crippen LogP contribution in [-0.2, 0) is 12.8 Å². The second-order valence-corrected chi connectivity index (χ2v) is 7.76. The summed E-state index contributed by atoms with van der Waals surface area (Å²) in [4.78, 5) is 0. The maximum absolute atomic E-state index is 3.51. The summed E-state index contributed by atoms with van der Waals surface area (Å²) >= 11 is 3.51. The quantitative estimate of drug-likeness (QED) is 0.574. The van der Waals surface area contributed by atoms with Crippen molar-refractivity contribution in [2.75, 3.05) is 0 Å². The van der Waals surface area contributed by atoms with Crippen LogP contribution in [0.2, 0.25) is 0 Å². The van der Waals surface area contributed by atoms with Gasteiger partial charge in [-0.05, 0) is 71.9 Å². The largest absolute Gasteiger partial charge is 0.0651 e. The van der Waals surface area contributed by atoms with Crippen molar-refractivity contribution in [2.45, 2.75) is 46.0 Å². The minimum absolute atomic E-state index is 0.869. The average molecular weight is 357 g/mol. The van der Waals surface area contributed by atoms with Crippen molar-refractivity contribution in [3.63, 3.8) is 0 Å². The predicted octanol–water partition coefficient (Wildman–Crippen LogP) is 6.66. The van der Waals surface area contributed by atoms with Gasteiger partial charge in [-0.25, -0.2) is 0 Å². The zero-order valence-electron chi connectivity index (χ0n) is 13.6. The van der Waals surface area contributed by atoms with Gasteiger partial charge in [0.25, 0.3) is 0 Å². The highest BCUT2D eigenvalue weighted by Gasteiger charge is 2.20. The zero-order chi connectivity index (χ0) is 15.5. The molecule has 0 spiro atoms. The van der Waals surface area contributed by atoms with Gasteiger partial charge in [-0.1, -0.05) is 66.5 Å². The van der Waals surface area contributed by atoms with Crippen molar-refractivity contribution in [3.05, 3.63) is 58.1 Å². The molecule has 0 N–H and O–H groups in total. The van der Waals surface area contributed by atoms with Crippen LogP contribution in [0.15, 0.2) is 46.9 Å². The molecule has 0 fully saturated rings. The molecule has 1 aliphatic carbocycles. The third-order valence-electron chi connectivity index (χ3n) is 5.15. The number of fused-ring (bicyclic) bond motifs is 1. The molecule has 0 saturated carbocycles. The molecule has 0 bridgehead atoms. The molecule has 0 amide bonds. The van der Waals surface area contributed by atoms with Gasteiger partial charge >= 0.3 is 0 Å². The molecule has 0 nitrogen and oxygen atoms in total. The van der Waals surface area contributed by atoms with E-state index < -0.39 is 0 Å². The summed E-state index contributed by atoms with van der Waals surface area (Å²) in [6, 6.07) is 15.7. The van der Waals surface area contributed by atoms with Crippen LogP contribution in [0.1, 0.15) is 44.2 Å². The molecule has 3 rings (SSSR count). The van der Waals surface area contributed by atoms with E-state index in [4.69, 9.17) is 0 Å². The lowest BCUT2D eigenvalue weighted by Crippen LogP contribution is -2.16. The SMILES string of the molecule is CCC(C)CC1CCc2cc(-c3ccc(Br)cc3)ccc2C1. The first-order valence-corrected chi connectivity index (χ1v) is 9.32. The first-order chi connectivity index (χ1) is 10.7. The molecule has 0 saturated heterocycles. The Kier molecular flexibility index (Phi) is 5.03. The number of halogens is 1. The summed E-state index contributed by atoms with van der Waals surface area (Å²) in [6.07, 6.45) is 6.60. The molecule has 2 aromatic rings. The summed E-state index contributed by atoms with van der Waals surface area (Å²) in [5.41, 5.74) is 5.82. The monoisotopic (exact) mass is 356 g/mol. The predicted molar refractivity (Wildman–Crippen MR) is 99.2 cm³/mol. The molecule has 0 heterocycles. The first kappa shape index (κ1) is 15.8. The topological polar surface area (TPSA) is 0 Å². The van der Waals surface area contributed by atoms with Gasteiger partial charge in [-0.2, -0.15) is 0 Å². The van der Waals surface area contributed by atoms with Crippen LogP contribution in [-0.4, -0.2) is 0 Å². The normalized spacial score (nSPS) is 18.8. The van der Waals surface area contributed by atoms with Gasteiger partial charge in [0.2, 0.25) is 0 Å². The maximum Gasteiger partial charge on any atom is 0.0175 e. The fraction of sp³-hybridized carbons (Fsp3) is 0.429. The molecular formula is C21H25Br. The standard InChI is InChI=1S/C21H25Br/c1-3-15(2)12-16-4-5-20-14-19(7-6-18(20)13-16)17-8-10-21(22)11-9-17/h6-11,14-16H,3-5,12-13H2,1-2H3. The molecule has 0 aromatic heterocycles. The van der Waals surface area contributed by atoms with Gasteiger partial charge in [0, 0.05) is 4.47 Å². The number of rotatable bonds is 4. The van der Waals surface area contributed by atoms with Crippen molar-refractivity contribution in [1.82, 2.24) is 0 Å². The number of hydrogen-bond donors (Lipinski definition) is 0. The fourth-order valence-corrected chi connectivity index (χ4v) is 3.85. The molecule has 0 aliphatic heterocycles. The lowest BCUT2D eigenvalue weighted by Gasteiger charge is -2.27. The molecular weight excluding hydrogens is 332 g/mol. The number of benzene rings is 2. The van der Waals surface area contributed by atoms with Gasteiger partial charge < -0.3 is 0 Å². The number of aryl methyl sites for hydroxylation is 1. The molecule has 22 heavy (non-hydrogen) atoms. The second kappa shape index (κ2) is 7.00. The Hall–Kier alpha value is -1.08. The molecule has 2 unspecified atom stereocenters. The van der Waals surface area contributed by atoms with Gasteiger partial charge in [0.05, 0.1) is 0 Å². The van der Waals surface area contributed by atoms with Crippen LogP contribution in [0.25, 0.3) is 11.1 Å². The van der Waals surface area contributed by atoms with E-state index in [1.54, 1.807) is 11.1 Å². The Labute approximate surface area is 143 Å². The molecule has 2 atom stereocenters. The van der Waals surface area contributed by atoms with Crippen LogP contribution in [0.5, 0.6) is 0 Å². The third kappa shape index (κ3) is 3.63. The van der Waals surface area contributed by atoms with Crippen molar-refractivity contribution in [3.8, 4) is 11.1 Å². The summed E-state index contributed by atoms with van der Waals surface area (Å²) in [6.45, 7) is 4.71. The van der Waals surface area contributed by atoms with Crippen LogP contribution in [0.4, 0.5) is 0 Å². The molecule has 1 aliphatic rings. The van der Waals surface area contributed by atoms with Crippen molar-refractivity contribution >= 4 is 15.9 Å². The smallest absolute Gasteiger partial charge is 0.0175 e. The first-order valence-electron chi connectivity index (χ1n) is 8.53. The Morgan fingerprint density at radius 3 is 2.50 bits per heavy atom. The molecule has 0 radical (unpaired) electrons. The lowest BCUT2D eigenvalue weighted by molar-refractivity contribution is 0.349. The second-order valence-electron chi connectivity index (χ2n) is 6.85. The average Bonchev–Trinajstić information content (AvgIpc) is 2.55. The van der Waals surface area contributed by atoms with Gasteiger partial charge in [0.1, 0.15) is 0 Å². The fourth-order valence-electron chi connectivity index (χ4n) is 3.59. The van der Waals surface area contributed by atoms with Gasteiger partial charge in [0.15, 0.2) is 0 Å². The summed E-state index contributed by atoms with van der Waals surface area (Å²) in [7, 11) is 0. The van der Waals surface area contributed by atoms with Gasteiger partial charge in [-0.15, -0.1) is 0 Å². The van der Waals surface area contributed by atoms with Crippen LogP contribution >= 0.6 is 15.9 Å². The summed E-state index contributed by atoms with van der Waals surface area (Å²) in [5.74, 6) is 1.76. The van der Waals surface area contributed by atoms with Crippen LogP contribution in [0.3, 0.4) is 0 Å². The Morgan fingerprint density at radius 1 is 1.05 bits per heavy atom. The minimum atomic E-state index is 0.869. The highest BCUT2D eigenvalue weighted by atomic mass is 79.9.